The van der Waals surface area contributed by atoms with E-state index in [0.29, 0.717) is 42.5 Å². The molecule has 23 heteroatoms. The second kappa shape index (κ2) is 30.8. The van der Waals surface area contributed by atoms with Crippen LogP contribution in [0.2, 0.25) is 0 Å². The first-order chi connectivity index (χ1) is 33.1. The summed E-state index contributed by atoms with van der Waals surface area (Å²) in [7, 11) is 0. The molecule has 0 unspecified atom stereocenters. The molecule has 7 amide bonds. The van der Waals surface area contributed by atoms with Gasteiger partial charge in [0.05, 0.1) is 0 Å². The van der Waals surface area contributed by atoms with Crippen molar-refractivity contribution in [3.8, 4) is 11.5 Å². The SMILES string of the molecule is CC[C@H](C)[C@H](NC(=O)[C@H](CCCN=C(N)N)NC(=O)[C@H](Cc1ccc(O)cc1)NC(=O)[C@H](Cc1ccc(O)cc1)NC(=O)[C@H](CCCN=C(N)N)NC(=O)C=C(C)C)C(=O)N[C@@H](CCCCN)C(N)=O. The van der Waals surface area contributed by atoms with E-state index in [9.17, 15) is 43.8 Å². The first kappa shape index (κ1) is 58.7. The monoisotopic (exact) mass is 979 g/mol. The molecule has 0 aliphatic heterocycles. The van der Waals surface area contributed by atoms with E-state index in [1.807, 2.05) is 6.92 Å². The minimum Gasteiger partial charge on any atom is -0.508 e. The summed E-state index contributed by atoms with van der Waals surface area (Å²) < 4.78 is 0. The van der Waals surface area contributed by atoms with Crippen LogP contribution in [0.4, 0.5) is 0 Å². The number of hydrogen-bond acceptors (Lipinski definition) is 12. The lowest BCUT2D eigenvalue weighted by molar-refractivity contribution is -0.136. The molecule has 7 atom stereocenters. The zero-order valence-electron chi connectivity index (χ0n) is 40.5. The van der Waals surface area contributed by atoms with E-state index in [0.717, 1.165) is 0 Å². The fourth-order valence-corrected chi connectivity index (χ4v) is 6.99. The fraction of sp³-hybridized carbons (Fsp3) is 0.511. The van der Waals surface area contributed by atoms with E-state index >= 15 is 0 Å². The highest BCUT2D eigenvalue weighted by Gasteiger charge is 2.35. The number of rotatable bonds is 31. The van der Waals surface area contributed by atoms with Gasteiger partial charge in [-0.15, -0.1) is 0 Å². The molecule has 0 aliphatic carbocycles. The normalized spacial score (nSPS) is 13.8. The van der Waals surface area contributed by atoms with Crippen molar-refractivity contribution in [3.63, 3.8) is 0 Å². The van der Waals surface area contributed by atoms with E-state index in [1.165, 1.54) is 42.5 Å². The molecule has 0 heterocycles. The van der Waals surface area contributed by atoms with Crippen LogP contribution in [0.25, 0.3) is 0 Å². The summed E-state index contributed by atoms with van der Waals surface area (Å²) in [6, 6.07) is 4.17. The Hall–Kier alpha value is -7.43. The van der Waals surface area contributed by atoms with Crippen molar-refractivity contribution in [1.82, 2.24) is 31.9 Å². The standard InChI is InChI=1S/C47H74N14O9/c1-5-28(4)39(45(70)57-33(40(49)65)10-6-7-21-48)61-42(67)35(12-9-23-55-47(52)53)58-43(68)36(25-29-13-17-31(62)18-14-29)60-44(69)37(26-30-15-19-32(63)20-16-30)59-41(66)34(11-8-22-54-46(50)51)56-38(64)24-27(2)3/h13-20,24,28,33-37,39,62-63H,5-12,21-23,25-26,48H2,1-4H3,(H2,49,65)(H,56,64)(H,57,70)(H,58,68)(H,59,66)(H,60,69)(H,61,67)(H4,50,51,54)(H4,52,53,55)/t28-,33-,34-,35-,36-,37-,39-/m0/s1. The maximum absolute atomic E-state index is 14.6. The molecule has 2 aromatic carbocycles. The molecule has 2 rings (SSSR count). The van der Waals surface area contributed by atoms with Crippen molar-refractivity contribution in [1.29, 1.82) is 0 Å². The van der Waals surface area contributed by atoms with Gasteiger partial charge in [0, 0.05) is 32.0 Å². The molecule has 0 fully saturated rings. The number of carbonyl (C=O) groups excluding carboxylic acids is 7. The highest BCUT2D eigenvalue weighted by Crippen LogP contribution is 2.16. The molecule has 70 heavy (non-hydrogen) atoms. The lowest BCUT2D eigenvalue weighted by Gasteiger charge is -2.29. The Morgan fingerprint density at radius 2 is 0.957 bits per heavy atom. The summed E-state index contributed by atoms with van der Waals surface area (Å²) in [4.78, 5) is 104. The smallest absolute Gasteiger partial charge is 0.244 e. The highest BCUT2D eigenvalue weighted by atomic mass is 16.3. The average Bonchev–Trinajstić information content (AvgIpc) is 3.29. The van der Waals surface area contributed by atoms with Gasteiger partial charge >= 0.3 is 0 Å². The number of phenolic OH excluding ortho intramolecular Hbond substituents is 2. The molecule has 0 bridgehead atoms. The van der Waals surface area contributed by atoms with E-state index in [4.69, 9.17) is 34.4 Å². The van der Waals surface area contributed by atoms with Crippen LogP contribution in [0.3, 0.4) is 0 Å². The number of phenols is 2. The van der Waals surface area contributed by atoms with Gasteiger partial charge in [-0.3, -0.25) is 43.5 Å². The molecule has 2 aromatic rings. The van der Waals surface area contributed by atoms with Crippen molar-refractivity contribution in [2.24, 2.45) is 50.3 Å². The number of carbonyl (C=O) groups is 7. The summed E-state index contributed by atoms with van der Waals surface area (Å²) in [6.07, 6.45) is 3.20. The predicted octanol–water partition coefficient (Wildman–Crippen LogP) is -1.47. The van der Waals surface area contributed by atoms with Crippen molar-refractivity contribution in [2.45, 2.75) is 128 Å². The van der Waals surface area contributed by atoms with Crippen LogP contribution in [0.15, 0.2) is 70.2 Å². The van der Waals surface area contributed by atoms with Gasteiger partial charge in [-0.25, -0.2) is 0 Å². The van der Waals surface area contributed by atoms with Crippen molar-refractivity contribution < 1.29 is 43.8 Å². The highest BCUT2D eigenvalue weighted by molar-refractivity contribution is 5.98. The molecule has 0 aliphatic rings. The lowest BCUT2D eigenvalue weighted by atomic mass is 9.96. The molecule has 0 spiro atoms. The zero-order valence-corrected chi connectivity index (χ0v) is 40.5. The number of allylic oxidation sites excluding steroid dienone is 1. The minimum atomic E-state index is -1.43. The molecule has 0 saturated carbocycles. The van der Waals surface area contributed by atoms with Crippen LogP contribution < -0.4 is 66.3 Å². The number of hydrogen-bond donors (Lipinski definition) is 14. The Morgan fingerprint density at radius 3 is 1.37 bits per heavy atom. The molecule has 0 saturated heterocycles. The number of amides is 7. The largest absolute Gasteiger partial charge is 0.508 e. The van der Waals surface area contributed by atoms with Crippen LogP contribution in [0, 0.1) is 5.92 Å². The third kappa shape index (κ3) is 22.6. The molecule has 386 valence electrons. The molecule has 20 N–H and O–H groups in total. The summed E-state index contributed by atoms with van der Waals surface area (Å²) in [5.41, 5.74) is 34.9. The Kier molecular flexibility index (Phi) is 25.9. The Balaban J connectivity index is 2.60. The first-order valence-electron chi connectivity index (χ1n) is 23.3. The first-order valence-corrected chi connectivity index (χ1v) is 23.3. The van der Waals surface area contributed by atoms with E-state index in [2.05, 4.69) is 41.9 Å². The maximum Gasteiger partial charge on any atom is 0.244 e. The molecular weight excluding hydrogens is 905 g/mol. The zero-order chi connectivity index (χ0) is 52.3. The number of nitrogens with two attached hydrogens (primary N) is 6. The predicted molar refractivity (Wildman–Crippen MR) is 266 cm³/mol. The molecular formula is C47H74N14O9. The number of guanidine groups is 2. The minimum absolute atomic E-state index is 0.0470. The third-order valence-electron chi connectivity index (χ3n) is 11.0. The van der Waals surface area contributed by atoms with Crippen molar-refractivity contribution in [2.75, 3.05) is 19.6 Å². The number of aliphatic imine (C=N–C) groups is 2. The van der Waals surface area contributed by atoms with Gasteiger partial charge < -0.3 is 76.5 Å². The Bertz CT molecular complexity index is 2120. The Morgan fingerprint density at radius 1 is 0.557 bits per heavy atom. The average molecular weight is 979 g/mol. The molecule has 0 aromatic heterocycles. The second-order valence-corrected chi connectivity index (χ2v) is 17.2. The van der Waals surface area contributed by atoms with Crippen LogP contribution in [-0.2, 0) is 46.4 Å². The third-order valence-corrected chi connectivity index (χ3v) is 11.0. The van der Waals surface area contributed by atoms with Gasteiger partial charge in [-0.05, 0) is 107 Å². The van der Waals surface area contributed by atoms with Crippen LogP contribution >= 0.6 is 0 Å². The van der Waals surface area contributed by atoms with Gasteiger partial charge in [-0.2, -0.15) is 0 Å². The number of primary amides is 1. The van der Waals surface area contributed by atoms with Crippen molar-refractivity contribution in [3.05, 3.63) is 71.3 Å². The summed E-state index contributed by atoms with van der Waals surface area (Å²) in [5.74, 6) is -6.13. The lowest BCUT2D eigenvalue weighted by Crippen LogP contribution is -2.61. The van der Waals surface area contributed by atoms with Gasteiger partial charge in [0.1, 0.15) is 47.8 Å². The maximum atomic E-state index is 14.6. The fourth-order valence-electron chi connectivity index (χ4n) is 6.99. The number of unbranched alkanes of at least 4 members (excludes halogenated alkanes) is 1. The number of aromatic hydroxyl groups is 2. The quantitative estimate of drug-likeness (QED) is 0.0178. The summed E-state index contributed by atoms with van der Waals surface area (Å²) >= 11 is 0. The second-order valence-electron chi connectivity index (χ2n) is 17.2. The Labute approximate surface area is 408 Å². The van der Waals surface area contributed by atoms with E-state index in [1.54, 1.807) is 32.9 Å². The van der Waals surface area contributed by atoms with E-state index in [-0.39, 0.29) is 81.5 Å². The molecule has 23 nitrogen and oxygen atoms in total. The van der Waals surface area contributed by atoms with Crippen LogP contribution in [0.1, 0.15) is 90.2 Å². The summed E-state index contributed by atoms with van der Waals surface area (Å²) in [5, 5.41) is 36.2. The molecule has 0 radical (unpaired) electrons. The van der Waals surface area contributed by atoms with Gasteiger partial charge in [-0.1, -0.05) is 50.1 Å². The number of benzene rings is 2. The number of nitrogens with zero attached hydrogens (tertiary/aromatic N) is 2. The van der Waals surface area contributed by atoms with Crippen LogP contribution in [0.5, 0.6) is 11.5 Å². The topological polar surface area (TPSA) is 413 Å². The van der Waals surface area contributed by atoms with Gasteiger partial charge in [0.15, 0.2) is 11.9 Å². The van der Waals surface area contributed by atoms with Gasteiger partial charge in [0.2, 0.25) is 41.4 Å². The van der Waals surface area contributed by atoms with Crippen LogP contribution in [-0.4, -0.2) is 119 Å². The van der Waals surface area contributed by atoms with E-state index < -0.39 is 83.5 Å². The number of nitrogens with one attached hydrogen (secondary N) is 6. The summed E-state index contributed by atoms with van der Waals surface area (Å²) in [6.45, 7) is 7.53. The van der Waals surface area contributed by atoms with Crippen molar-refractivity contribution >= 4 is 53.3 Å². The van der Waals surface area contributed by atoms with Gasteiger partial charge in [0.25, 0.3) is 0 Å².